The van der Waals surface area contributed by atoms with Crippen molar-refractivity contribution in [3.8, 4) is 0 Å². The molecule has 6 nitrogen and oxygen atoms in total. The van der Waals surface area contributed by atoms with Crippen LogP contribution in [0.1, 0.15) is 48.5 Å². The molecule has 0 amide bonds. The topological polar surface area (TPSA) is 80.9 Å². The zero-order chi connectivity index (χ0) is 17.3. The van der Waals surface area contributed by atoms with Crippen LogP contribution in [0.15, 0.2) is 18.3 Å². The van der Waals surface area contributed by atoms with Crippen LogP contribution in [-0.2, 0) is 9.39 Å². The summed E-state index contributed by atoms with van der Waals surface area (Å²) < 4.78 is 12.0. The fraction of sp³-hybridized carbons (Fsp3) is 0.667. The number of nitrogens with zero attached hydrogens (tertiary/aromatic N) is 1. The van der Waals surface area contributed by atoms with Crippen molar-refractivity contribution < 1.29 is 24.3 Å². The largest absolute Gasteiger partial charge is 0.509 e. The fourth-order valence-electron chi connectivity index (χ4n) is 1.56. The van der Waals surface area contributed by atoms with Crippen molar-refractivity contribution in [3.05, 3.63) is 18.3 Å². The Balaban J connectivity index is 2.96. The quantitative estimate of drug-likeness (QED) is 0.824. The van der Waals surface area contributed by atoms with Gasteiger partial charge in [-0.3, -0.25) is 4.57 Å². The van der Waals surface area contributed by atoms with E-state index in [-0.39, 0.29) is 5.59 Å². The van der Waals surface area contributed by atoms with E-state index in [0.29, 0.717) is 0 Å². The van der Waals surface area contributed by atoms with Crippen LogP contribution in [0.3, 0.4) is 0 Å². The van der Waals surface area contributed by atoms with E-state index >= 15 is 0 Å². The van der Waals surface area contributed by atoms with Crippen molar-refractivity contribution >= 4 is 18.8 Å². The Bertz CT molecular complexity index is 525. The predicted octanol–water partition coefficient (Wildman–Crippen LogP) is 1.52. The number of aromatic nitrogens is 1. The van der Waals surface area contributed by atoms with Gasteiger partial charge in [-0.05, 0) is 60.6 Å². The highest BCUT2D eigenvalue weighted by atomic mass is 16.6. The smallest absolute Gasteiger partial charge is 0.443 e. The number of hydrogen-bond acceptors (Lipinski definition) is 5. The highest BCUT2D eigenvalue weighted by Gasteiger charge is 2.40. The zero-order valence-corrected chi connectivity index (χ0v) is 14.4. The first kappa shape index (κ1) is 18.7. The molecule has 0 aliphatic carbocycles. The third-order valence-electron chi connectivity index (χ3n) is 3.50. The van der Waals surface area contributed by atoms with Gasteiger partial charge in [-0.15, -0.1) is 0 Å². The van der Waals surface area contributed by atoms with Gasteiger partial charge in [-0.1, -0.05) is 0 Å². The average molecular weight is 311 g/mol. The maximum Gasteiger partial charge on any atom is 0.509 e. The third-order valence-corrected chi connectivity index (χ3v) is 3.50. The molecule has 1 aromatic heterocycles. The number of carbonyl (C=O) groups excluding carboxylic acids is 1. The summed E-state index contributed by atoms with van der Waals surface area (Å²) in [5.41, 5.74) is -2.59. The molecular weight excluding hydrogens is 285 g/mol. The normalized spacial score (nSPS) is 13.1. The molecule has 0 radical (unpaired) electrons. The van der Waals surface area contributed by atoms with Gasteiger partial charge in [0.25, 0.3) is 0 Å². The molecule has 0 saturated heterocycles. The molecular formula is C15H26BNO5. The number of hydrogen-bond donors (Lipinski definition) is 2. The van der Waals surface area contributed by atoms with E-state index in [2.05, 4.69) is 0 Å². The number of ether oxygens (including phenoxy) is 1. The van der Waals surface area contributed by atoms with Crippen molar-refractivity contribution in [1.82, 2.24) is 4.57 Å². The Morgan fingerprint density at radius 1 is 1.18 bits per heavy atom. The minimum Gasteiger partial charge on any atom is -0.443 e. The van der Waals surface area contributed by atoms with Gasteiger partial charge < -0.3 is 19.5 Å². The van der Waals surface area contributed by atoms with Crippen molar-refractivity contribution in [2.45, 2.75) is 65.3 Å². The van der Waals surface area contributed by atoms with Gasteiger partial charge in [-0.2, -0.15) is 0 Å². The summed E-state index contributed by atoms with van der Waals surface area (Å²) in [5.74, 6) is 0. The Morgan fingerprint density at radius 2 is 1.73 bits per heavy atom. The maximum atomic E-state index is 12.1. The van der Waals surface area contributed by atoms with E-state index in [9.17, 15) is 14.9 Å². The van der Waals surface area contributed by atoms with Gasteiger partial charge in [-0.25, -0.2) is 4.79 Å². The van der Waals surface area contributed by atoms with Crippen molar-refractivity contribution in [1.29, 1.82) is 0 Å². The minimum atomic E-state index is -1.37. The Morgan fingerprint density at radius 3 is 2.18 bits per heavy atom. The monoisotopic (exact) mass is 311 g/mol. The van der Waals surface area contributed by atoms with E-state index < -0.39 is 30.0 Å². The van der Waals surface area contributed by atoms with Crippen LogP contribution in [0.25, 0.3) is 0 Å². The van der Waals surface area contributed by atoms with Gasteiger partial charge in [0.1, 0.15) is 5.60 Å². The van der Waals surface area contributed by atoms with Crippen molar-refractivity contribution in [2.75, 3.05) is 0 Å². The predicted molar refractivity (Wildman–Crippen MR) is 85.1 cm³/mol. The average Bonchev–Trinajstić information content (AvgIpc) is 2.72. The molecule has 0 aliphatic heterocycles. The summed E-state index contributed by atoms with van der Waals surface area (Å²) in [6.45, 7) is 11.8. The molecule has 0 aromatic carbocycles. The molecule has 124 valence electrons. The second kappa shape index (κ2) is 6.06. The first-order valence-electron chi connectivity index (χ1n) is 7.23. The molecule has 0 fully saturated rings. The molecule has 0 atom stereocenters. The number of carbonyl (C=O) groups is 1. The van der Waals surface area contributed by atoms with Gasteiger partial charge in [0, 0.05) is 6.20 Å². The van der Waals surface area contributed by atoms with Gasteiger partial charge in [0.2, 0.25) is 0 Å². The van der Waals surface area contributed by atoms with Crippen LogP contribution in [0.5, 0.6) is 0 Å². The number of rotatable bonds is 4. The van der Waals surface area contributed by atoms with Crippen molar-refractivity contribution in [3.63, 3.8) is 0 Å². The lowest BCUT2D eigenvalue weighted by Gasteiger charge is -2.38. The summed E-state index contributed by atoms with van der Waals surface area (Å²) in [4.78, 5) is 12.1. The van der Waals surface area contributed by atoms with Gasteiger partial charge >= 0.3 is 13.2 Å². The molecule has 0 saturated carbocycles. The van der Waals surface area contributed by atoms with E-state index in [1.165, 1.54) is 10.8 Å². The van der Waals surface area contributed by atoms with E-state index in [0.717, 1.165) is 0 Å². The second-order valence-corrected chi connectivity index (χ2v) is 7.32. The van der Waals surface area contributed by atoms with Crippen LogP contribution in [0, 0.1) is 0 Å². The first-order chi connectivity index (χ1) is 9.74. The Kier molecular flexibility index (Phi) is 5.17. The summed E-state index contributed by atoms with van der Waals surface area (Å²) in [5, 5.41) is 20.4. The lowest BCUT2D eigenvalue weighted by atomic mass is 9.80. The molecule has 22 heavy (non-hydrogen) atoms. The fourth-order valence-corrected chi connectivity index (χ4v) is 1.56. The summed E-state index contributed by atoms with van der Waals surface area (Å²) in [7, 11) is -1.37. The maximum absolute atomic E-state index is 12.1. The molecule has 0 spiro atoms. The van der Waals surface area contributed by atoms with E-state index in [1.807, 2.05) is 0 Å². The summed E-state index contributed by atoms with van der Waals surface area (Å²) in [6.07, 6.45) is 0.892. The third kappa shape index (κ3) is 4.59. The van der Waals surface area contributed by atoms with Gasteiger partial charge in [0.05, 0.1) is 16.8 Å². The van der Waals surface area contributed by atoms with Crippen LogP contribution in [0.2, 0.25) is 0 Å². The highest BCUT2D eigenvalue weighted by Crippen LogP contribution is 2.25. The van der Waals surface area contributed by atoms with Gasteiger partial charge in [0.15, 0.2) is 0 Å². The molecule has 0 unspecified atom stereocenters. The minimum absolute atomic E-state index is 0.242. The summed E-state index contributed by atoms with van der Waals surface area (Å²) >= 11 is 0. The molecule has 1 rings (SSSR count). The Labute approximate surface area is 132 Å². The lowest BCUT2D eigenvalue weighted by molar-refractivity contribution is -0.0984. The highest BCUT2D eigenvalue weighted by molar-refractivity contribution is 6.59. The van der Waals surface area contributed by atoms with Crippen LogP contribution in [0.4, 0.5) is 4.79 Å². The van der Waals surface area contributed by atoms with Crippen LogP contribution in [-0.4, -0.2) is 44.7 Å². The first-order valence-corrected chi connectivity index (χ1v) is 7.23. The summed E-state index contributed by atoms with van der Waals surface area (Å²) in [6, 6.07) is 3.18. The molecule has 1 heterocycles. The lowest BCUT2D eigenvalue weighted by Crippen LogP contribution is -2.54. The SMILES string of the molecule is CC(C)(C)OC(=O)n1cccc1B(O)OC(C)(C)C(C)(C)O. The molecule has 1 aromatic rings. The zero-order valence-electron chi connectivity index (χ0n) is 14.4. The van der Waals surface area contributed by atoms with Crippen LogP contribution >= 0.6 is 0 Å². The number of aliphatic hydroxyl groups is 1. The standard InChI is InChI=1S/C15H26BNO5/c1-13(2,3)21-12(18)17-10-8-9-11(17)16(20)22-15(6,7)14(4,5)19/h8-10,19-20H,1-7H3. The molecule has 7 heteroatoms. The molecule has 0 aliphatic rings. The van der Waals surface area contributed by atoms with E-state index in [1.54, 1.807) is 60.6 Å². The second-order valence-electron chi connectivity index (χ2n) is 7.32. The molecule has 0 bridgehead atoms. The van der Waals surface area contributed by atoms with E-state index in [4.69, 9.17) is 9.39 Å². The Hall–Kier alpha value is -1.31. The van der Waals surface area contributed by atoms with Crippen LogP contribution < -0.4 is 5.59 Å². The van der Waals surface area contributed by atoms with Crippen molar-refractivity contribution in [2.24, 2.45) is 0 Å². The molecule has 2 N–H and O–H groups in total.